The molecule has 0 spiro atoms. The zero-order valence-electron chi connectivity index (χ0n) is 15.2. The summed E-state index contributed by atoms with van der Waals surface area (Å²) in [6.07, 6.45) is 4.74. The molecule has 146 valence electrons. The molecule has 10 heteroatoms. The minimum absolute atomic E-state index is 0.0514. The third-order valence-corrected chi connectivity index (χ3v) is 7.36. The summed E-state index contributed by atoms with van der Waals surface area (Å²) >= 11 is 1.39. The fraction of sp³-hybridized carbons (Fsp3) is 0.278. The van der Waals surface area contributed by atoms with Crippen LogP contribution in [0.3, 0.4) is 0 Å². The van der Waals surface area contributed by atoms with E-state index < -0.39 is 10.0 Å². The van der Waals surface area contributed by atoms with Crippen LogP contribution in [-0.2, 0) is 17.1 Å². The zero-order valence-corrected chi connectivity index (χ0v) is 16.9. The van der Waals surface area contributed by atoms with E-state index >= 15 is 0 Å². The molecule has 1 aliphatic heterocycles. The van der Waals surface area contributed by atoms with Crippen molar-refractivity contribution in [3.63, 3.8) is 0 Å². The Kier molecular flexibility index (Phi) is 5.00. The van der Waals surface area contributed by atoms with Gasteiger partial charge in [-0.25, -0.2) is 8.42 Å². The Hall–Kier alpha value is -2.56. The van der Waals surface area contributed by atoms with Gasteiger partial charge in [0.1, 0.15) is 10.6 Å². The predicted octanol–water partition coefficient (Wildman–Crippen LogP) is 1.69. The number of sulfonamides is 1. The van der Waals surface area contributed by atoms with Crippen molar-refractivity contribution in [2.24, 2.45) is 7.05 Å². The van der Waals surface area contributed by atoms with E-state index in [4.69, 9.17) is 0 Å². The lowest BCUT2D eigenvalue weighted by Gasteiger charge is -2.33. The second-order valence-corrected chi connectivity index (χ2v) is 9.28. The third-order valence-electron chi connectivity index (χ3n) is 4.61. The first-order chi connectivity index (χ1) is 13.5. The summed E-state index contributed by atoms with van der Waals surface area (Å²) < 4.78 is 29.4. The van der Waals surface area contributed by atoms with Gasteiger partial charge in [0.25, 0.3) is 5.91 Å². The van der Waals surface area contributed by atoms with E-state index in [0.717, 1.165) is 0 Å². The monoisotopic (exact) mass is 417 g/mol. The van der Waals surface area contributed by atoms with Gasteiger partial charge in [0.2, 0.25) is 10.0 Å². The van der Waals surface area contributed by atoms with Crippen LogP contribution < -0.4 is 0 Å². The molecule has 0 aliphatic carbocycles. The molecule has 0 radical (unpaired) electrons. The number of hydrogen-bond donors (Lipinski definition) is 0. The summed E-state index contributed by atoms with van der Waals surface area (Å²) in [5.41, 5.74) is 1.03. The average molecular weight is 418 g/mol. The van der Waals surface area contributed by atoms with Crippen LogP contribution in [0.25, 0.3) is 11.3 Å². The van der Waals surface area contributed by atoms with Gasteiger partial charge in [-0.1, -0.05) is 6.07 Å². The number of nitrogens with zero attached hydrogens (tertiary/aromatic N) is 5. The van der Waals surface area contributed by atoms with E-state index in [2.05, 4.69) is 10.1 Å². The first-order valence-electron chi connectivity index (χ1n) is 8.74. The summed E-state index contributed by atoms with van der Waals surface area (Å²) in [4.78, 5) is 19.1. The average Bonchev–Trinajstić information content (AvgIpc) is 3.38. The second-order valence-electron chi connectivity index (χ2n) is 6.43. The van der Waals surface area contributed by atoms with Crippen LogP contribution in [0.5, 0.6) is 0 Å². The fourth-order valence-electron chi connectivity index (χ4n) is 3.19. The smallest absolute Gasteiger partial charge is 0.264 e. The number of aromatic nitrogens is 3. The number of pyridine rings is 1. The molecule has 0 N–H and O–H groups in total. The molecule has 1 saturated heterocycles. The lowest BCUT2D eigenvalue weighted by atomic mass is 10.2. The molecule has 0 unspecified atom stereocenters. The van der Waals surface area contributed by atoms with Crippen molar-refractivity contribution >= 4 is 27.3 Å². The maximum absolute atomic E-state index is 13.3. The number of hydrogen-bond acceptors (Lipinski definition) is 6. The van der Waals surface area contributed by atoms with Gasteiger partial charge < -0.3 is 4.90 Å². The number of amides is 1. The van der Waals surface area contributed by atoms with Crippen molar-refractivity contribution in [1.82, 2.24) is 24.0 Å². The number of rotatable bonds is 4. The number of carbonyl (C=O) groups is 1. The Bertz CT molecular complexity index is 1070. The number of carbonyl (C=O) groups excluding carboxylic acids is 1. The van der Waals surface area contributed by atoms with Crippen LogP contribution in [0.4, 0.5) is 0 Å². The standard InChI is InChI=1S/C18H19N5O3S2/c1-21-13-16(17(20-21)14-4-2-6-19-12-14)28(25,26)23-9-7-22(8-10-23)18(24)15-5-3-11-27-15/h2-6,11-13H,7-10H2,1H3. The highest BCUT2D eigenvalue weighted by Crippen LogP contribution is 2.28. The minimum Gasteiger partial charge on any atom is -0.335 e. The van der Waals surface area contributed by atoms with Gasteiger partial charge in [0, 0.05) is 57.4 Å². The molecule has 1 fully saturated rings. The summed E-state index contributed by atoms with van der Waals surface area (Å²) in [6, 6.07) is 7.15. The Labute approximate surface area is 167 Å². The van der Waals surface area contributed by atoms with Gasteiger partial charge in [0.15, 0.2) is 0 Å². The number of aryl methyl sites for hydroxylation is 1. The van der Waals surface area contributed by atoms with E-state index in [1.807, 2.05) is 11.4 Å². The van der Waals surface area contributed by atoms with E-state index in [-0.39, 0.29) is 23.9 Å². The highest BCUT2D eigenvalue weighted by atomic mass is 32.2. The molecule has 0 bridgehead atoms. The van der Waals surface area contributed by atoms with Crippen LogP contribution in [0.2, 0.25) is 0 Å². The van der Waals surface area contributed by atoms with Gasteiger partial charge in [-0.2, -0.15) is 9.40 Å². The predicted molar refractivity (Wildman–Crippen MR) is 105 cm³/mol. The molecule has 0 atom stereocenters. The van der Waals surface area contributed by atoms with Crippen LogP contribution in [-0.4, -0.2) is 64.5 Å². The van der Waals surface area contributed by atoms with E-state index in [0.29, 0.717) is 29.2 Å². The summed E-state index contributed by atoms with van der Waals surface area (Å²) in [5.74, 6) is -0.0514. The first kappa shape index (κ1) is 18.8. The number of piperazine rings is 1. The Morgan fingerprint density at radius 3 is 2.57 bits per heavy atom. The number of thiophene rings is 1. The minimum atomic E-state index is -3.74. The summed E-state index contributed by atoms with van der Waals surface area (Å²) in [6.45, 7) is 1.22. The largest absolute Gasteiger partial charge is 0.335 e. The lowest BCUT2D eigenvalue weighted by Crippen LogP contribution is -2.50. The van der Waals surface area contributed by atoms with E-state index in [9.17, 15) is 13.2 Å². The van der Waals surface area contributed by atoms with Gasteiger partial charge in [0.05, 0.1) is 4.88 Å². The lowest BCUT2D eigenvalue weighted by molar-refractivity contribution is 0.0703. The van der Waals surface area contributed by atoms with E-state index in [1.54, 1.807) is 42.5 Å². The third kappa shape index (κ3) is 3.46. The Balaban J connectivity index is 1.55. The van der Waals surface area contributed by atoms with Crippen molar-refractivity contribution in [1.29, 1.82) is 0 Å². The molecule has 0 aromatic carbocycles. The Morgan fingerprint density at radius 1 is 1.14 bits per heavy atom. The van der Waals surface area contributed by atoms with Gasteiger partial charge in [-0.05, 0) is 23.6 Å². The van der Waals surface area contributed by atoms with Crippen molar-refractivity contribution in [2.75, 3.05) is 26.2 Å². The fourth-order valence-corrected chi connectivity index (χ4v) is 5.49. The molecule has 0 saturated carbocycles. The van der Waals surface area contributed by atoms with Crippen LogP contribution in [0, 0.1) is 0 Å². The maximum Gasteiger partial charge on any atom is 0.264 e. The van der Waals surface area contributed by atoms with Crippen molar-refractivity contribution < 1.29 is 13.2 Å². The van der Waals surface area contributed by atoms with Crippen LogP contribution in [0.15, 0.2) is 53.1 Å². The highest BCUT2D eigenvalue weighted by molar-refractivity contribution is 7.89. The van der Waals surface area contributed by atoms with Crippen molar-refractivity contribution in [3.05, 3.63) is 53.1 Å². The Morgan fingerprint density at radius 2 is 1.93 bits per heavy atom. The summed E-state index contributed by atoms with van der Waals surface area (Å²) in [7, 11) is -2.05. The quantitative estimate of drug-likeness (QED) is 0.645. The molecule has 28 heavy (non-hydrogen) atoms. The molecule has 4 heterocycles. The van der Waals surface area contributed by atoms with E-state index in [1.165, 1.54) is 26.5 Å². The molecular formula is C18H19N5O3S2. The van der Waals surface area contributed by atoms with Crippen LogP contribution in [0.1, 0.15) is 9.67 Å². The highest BCUT2D eigenvalue weighted by Gasteiger charge is 2.33. The van der Waals surface area contributed by atoms with Crippen LogP contribution >= 0.6 is 11.3 Å². The molecule has 3 aromatic heterocycles. The molecule has 1 aliphatic rings. The molecule has 4 rings (SSSR count). The van der Waals surface area contributed by atoms with Gasteiger partial charge >= 0.3 is 0 Å². The zero-order chi connectivity index (χ0) is 19.7. The van der Waals surface area contributed by atoms with Gasteiger partial charge in [-0.15, -0.1) is 11.3 Å². The molecule has 1 amide bonds. The molecular weight excluding hydrogens is 398 g/mol. The second kappa shape index (κ2) is 7.46. The summed E-state index contributed by atoms with van der Waals surface area (Å²) in [5, 5.41) is 6.18. The SMILES string of the molecule is Cn1cc(S(=O)(=O)N2CCN(C(=O)c3cccs3)CC2)c(-c2cccnc2)n1. The first-order valence-corrected chi connectivity index (χ1v) is 11.1. The van der Waals surface area contributed by atoms with Gasteiger partial charge in [-0.3, -0.25) is 14.5 Å². The maximum atomic E-state index is 13.3. The normalized spacial score (nSPS) is 15.7. The topological polar surface area (TPSA) is 88.4 Å². The van der Waals surface area contributed by atoms with Crippen molar-refractivity contribution in [3.8, 4) is 11.3 Å². The molecule has 3 aromatic rings. The molecule has 8 nitrogen and oxygen atoms in total. The van der Waals surface area contributed by atoms with Crippen molar-refractivity contribution in [2.45, 2.75) is 4.90 Å².